The molecular formula is C26H34BrN3O4S2. The predicted molar refractivity (Wildman–Crippen MR) is 149 cm³/mol. The van der Waals surface area contributed by atoms with Crippen LogP contribution in [0.5, 0.6) is 0 Å². The molecule has 10 heteroatoms. The van der Waals surface area contributed by atoms with Gasteiger partial charge in [0, 0.05) is 36.3 Å². The molecule has 0 saturated carbocycles. The van der Waals surface area contributed by atoms with Gasteiger partial charge in [-0.2, -0.15) is 9.30 Å². The number of sulfonamides is 1. The molecule has 0 saturated heterocycles. The molecule has 0 aliphatic heterocycles. The van der Waals surface area contributed by atoms with Crippen LogP contribution in [0.1, 0.15) is 45.0 Å². The molecule has 0 radical (unpaired) electrons. The van der Waals surface area contributed by atoms with Crippen molar-refractivity contribution in [1.82, 2.24) is 8.87 Å². The molecule has 0 aliphatic carbocycles. The van der Waals surface area contributed by atoms with Crippen LogP contribution in [0.2, 0.25) is 0 Å². The van der Waals surface area contributed by atoms with E-state index in [1.165, 1.54) is 39.9 Å². The summed E-state index contributed by atoms with van der Waals surface area (Å²) in [6.07, 6.45) is 0. The maximum absolute atomic E-state index is 13.3. The van der Waals surface area contributed by atoms with E-state index in [4.69, 9.17) is 4.74 Å². The van der Waals surface area contributed by atoms with Crippen molar-refractivity contribution in [3.8, 4) is 0 Å². The van der Waals surface area contributed by atoms with Gasteiger partial charge in [-0.3, -0.25) is 4.79 Å². The average Bonchev–Trinajstić information content (AvgIpc) is 3.14. The molecule has 1 aromatic heterocycles. The number of hydrogen-bond donors (Lipinski definition) is 0. The number of halogens is 1. The van der Waals surface area contributed by atoms with Crippen LogP contribution in [0.15, 0.2) is 56.8 Å². The van der Waals surface area contributed by atoms with Gasteiger partial charge >= 0.3 is 0 Å². The second kappa shape index (κ2) is 12.6. The zero-order chi connectivity index (χ0) is 26.5. The maximum Gasteiger partial charge on any atom is 0.279 e. The number of amides is 1. The molecule has 0 N–H and O–H groups in total. The van der Waals surface area contributed by atoms with Crippen molar-refractivity contribution < 1.29 is 17.9 Å². The first kappa shape index (κ1) is 28.7. The number of ether oxygens (including phenoxy) is 1. The molecule has 1 heterocycles. The highest BCUT2D eigenvalue weighted by Crippen LogP contribution is 2.23. The minimum absolute atomic E-state index is 0.179. The van der Waals surface area contributed by atoms with E-state index in [9.17, 15) is 13.2 Å². The van der Waals surface area contributed by atoms with E-state index in [1.54, 1.807) is 0 Å². The number of benzene rings is 2. The highest BCUT2D eigenvalue weighted by molar-refractivity contribution is 9.10. The first-order valence-electron chi connectivity index (χ1n) is 12.1. The lowest BCUT2D eigenvalue weighted by atomic mass is 10.2. The zero-order valence-electron chi connectivity index (χ0n) is 21.4. The van der Waals surface area contributed by atoms with E-state index in [2.05, 4.69) is 20.9 Å². The van der Waals surface area contributed by atoms with Crippen LogP contribution in [0.25, 0.3) is 10.2 Å². The van der Waals surface area contributed by atoms with Crippen LogP contribution in [0.4, 0.5) is 0 Å². The van der Waals surface area contributed by atoms with Crippen molar-refractivity contribution in [3.05, 3.63) is 57.3 Å². The zero-order valence-corrected chi connectivity index (χ0v) is 24.6. The van der Waals surface area contributed by atoms with E-state index in [1.807, 2.05) is 57.4 Å². The van der Waals surface area contributed by atoms with E-state index >= 15 is 0 Å². The van der Waals surface area contributed by atoms with Gasteiger partial charge in [0.2, 0.25) is 10.0 Å². The number of hydrogen-bond acceptors (Lipinski definition) is 5. The topological polar surface area (TPSA) is 81.0 Å². The van der Waals surface area contributed by atoms with Gasteiger partial charge in [-0.25, -0.2) is 8.42 Å². The molecule has 0 fully saturated rings. The van der Waals surface area contributed by atoms with Crippen molar-refractivity contribution in [2.24, 2.45) is 16.8 Å². The van der Waals surface area contributed by atoms with Gasteiger partial charge in [0.05, 0.1) is 21.7 Å². The van der Waals surface area contributed by atoms with E-state index in [0.29, 0.717) is 43.2 Å². The van der Waals surface area contributed by atoms with Crippen molar-refractivity contribution in [1.29, 1.82) is 0 Å². The summed E-state index contributed by atoms with van der Waals surface area (Å²) in [6.45, 7) is 12.5. The number of rotatable bonds is 11. The second-order valence-electron chi connectivity index (χ2n) is 9.40. The fourth-order valence-corrected chi connectivity index (χ4v) is 7.18. The summed E-state index contributed by atoms with van der Waals surface area (Å²) in [5.41, 5.74) is 1.31. The predicted octanol–water partition coefficient (Wildman–Crippen LogP) is 5.55. The Morgan fingerprint density at radius 2 is 1.72 bits per heavy atom. The highest BCUT2D eigenvalue weighted by atomic mass is 79.9. The molecule has 36 heavy (non-hydrogen) atoms. The minimum atomic E-state index is -3.66. The quantitative estimate of drug-likeness (QED) is 0.272. The molecule has 3 rings (SSSR count). The number of carbonyl (C=O) groups is 1. The largest absolute Gasteiger partial charge is 0.380 e. The van der Waals surface area contributed by atoms with Crippen LogP contribution < -0.4 is 4.80 Å². The van der Waals surface area contributed by atoms with Crippen LogP contribution in [0.3, 0.4) is 0 Å². The Morgan fingerprint density at radius 1 is 1.08 bits per heavy atom. The Bertz CT molecular complexity index is 1350. The van der Waals surface area contributed by atoms with Gasteiger partial charge < -0.3 is 9.30 Å². The molecule has 7 nitrogen and oxygen atoms in total. The number of nitrogens with zero attached hydrogens (tertiary/aromatic N) is 3. The van der Waals surface area contributed by atoms with E-state index < -0.39 is 15.9 Å². The van der Waals surface area contributed by atoms with Crippen LogP contribution in [0, 0.1) is 11.8 Å². The van der Waals surface area contributed by atoms with E-state index in [-0.39, 0.29) is 16.7 Å². The first-order valence-corrected chi connectivity index (χ1v) is 15.1. The monoisotopic (exact) mass is 595 g/mol. The maximum atomic E-state index is 13.3. The minimum Gasteiger partial charge on any atom is -0.380 e. The van der Waals surface area contributed by atoms with Gasteiger partial charge in [-0.05, 0) is 61.2 Å². The third-order valence-corrected chi connectivity index (χ3v) is 8.76. The van der Waals surface area contributed by atoms with Crippen LogP contribution >= 0.6 is 27.3 Å². The number of aromatic nitrogens is 1. The first-order chi connectivity index (χ1) is 17.0. The molecule has 0 atom stereocenters. The number of carbonyl (C=O) groups excluding carboxylic acids is 1. The Morgan fingerprint density at radius 3 is 2.31 bits per heavy atom. The summed E-state index contributed by atoms with van der Waals surface area (Å²) in [6, 6.07) is 12.0. The molecule has 3 aromatic rings. The highest BCUT2D eigenvalue weighted by Gasteiger charge is 2.26. The lowest BCUT2D eigenvalue weighted by Gasteiger charge is -2.25. The fraction of sp³-hybridized carbons (Fsp3) is 0.462. The summed E-state index contributed by atoms with van der Waals surface area (Å²) in [5.74, 6) is -0.0139. The summed E-state index contributed by atoms with van der Waals surface area (Å²) in [7, 11) is -3.66. The second-order valence-corrected chi connectivity index (χ2v) is 13.3. The Kier molecular flexibility index (Phi) is 10.1. The summed E-state index contributed by atoms with van der Waals surface area (Å²) in [4.78, 5) is 18.2. The Balaban J connectivity index is 1.93. The van der Waals surface area contributed by atoms with Gasteiger partial charge in [-0.15, -0.1) is 0 Å². The molecule has 2 aromatic carbocycles. The van der Waals surface area contributed by atoms with Crippen molar-refractivity contribution in [2.75, 3.05) is 26.3 Å². The molecular weight excluding hydrogens is 562 g/mol. The number of fused-ring (bicyclic) bond motifs is 1. The molecule has 1 amide bonds. The van der Waals surface area contributed by atoms with Crippen molar-refractivity contribution in [3.63, 3.8) is 0 Å². The number of thiazole rings is 1. The molecule has 0 bridgehead atoms. The summed E-state index contributed by atoms with van der Waals surface area (Å²) in [5, 5.41) is 0. The van der Waals surface area contributed by atoms with Crippen LogP contribution in [-0.4, -0.2) is 49.5 Å². The Labute approximate surface area is 226 Å². The normalized spacial score (nSPS) is 13.0. The van der Waals surface area contributed by atoms with Gasteiger partial charge in [0.1, 0.15) is 0 Å². The molecule has 0 unspecified atom stereocenters. The smallest absolute Gasteiger partial charge is 0.279 e. The third kappa shape index (κ3) is 7.13. The van der Waals surface area contributed by atoms with Crippen molar-refractivity contribution >= 4 is 53.4 Å². The summed E-state index contributed by atoms with van der Waals surface area (Å²) >= 11 is 4.93. The SMILES string of the molecule is CCOCCn1c(=NC(=O)c2ccc(S(=O)(=O)N(CC(C)C)CC(C)C)cc2)sc2cc(Br)ccc21. The fourth-order valence-electron chi connectivity index (χ4n) is 3.80. The summed E-state index contributed by atoms with van der Waals surface area (Å²) < 4.78 is 37.5. The lowest BCUT2D eigenvalue weighted by molar-refractivity contribution is 0.0996. The van der Waals surface area contributed by atoms with Gasteiger partial charge in [0.25, 0.3) is 5.91 Å². The third-order valence-electron chi connectivity index (χ3n) is 5.38. The molecule has 0 spiro atoms. The lowest BCUT2D eigenvalue weighted by Crippen LogP contribution is -2.37. The Hall–Kier alpha value is -1.85. The van der Waals surface area contributed by atoms with Gasteiger partial charge in [0.15, 0.2) is 4.80 Å². The van der Waals surface area contributed by atoms with Crippen molar-refractivity contribution in [2.45, 2.75) is 46.1 Å². The van der Waals surface area contributed by atoms with E-state index in [0.717, 1.165) is 14.7 Å². The van der Waals surface area contributed by atoms with Gasteiger partial charge in [-0.1, -0.05) is 55.0 Å². The molecule has 0 aliphatic rings. The average molecular weight is 597 g/mol. The standard InChI is InChI=1S/C26H34BrN3O4S2/c1-6-34-14-13-30-23-12-9-21(27)15-24(23)35-26(30)28-25(31)20-7-10-22(11-8-20)36(32,33)29(16-18(2)3)17-19(4)5/h7-12,15,18-19H,6,13-14,16-17H2,1-5H3. The molecule has 196 valence electrons. The van der Waals surface area contributed by atoms with Crippen LogP contribution in [-0.2, 0) is 21.3 Å².